The second kappa shape index (κ2) is 13.5. The number of primary amides is 1. The topological polar surface area (TPSA) is 128 Å². The molecule has 3 N–H and O–H groups in total. The Morgan fingerprint density at radius 2 is 1.69 bits per heavy atom. The summed E-state index contributed by atoms with van der Waals surface area (Å²) < 4.78 is 17.4. The standard InChI is InChI=1S/C31H35N7O4/c1-20(30(32)39)22-17-23(26(40-5)18-24(22)38(4)16-15-37(2)3)35-31-34-19-27(41-6)29(36-31)21-11-7-8-12-25(21)42-28-13-9-10-14-33-28/h7-14,17-19H,1,15-16H2,2-6H3,(H2,32,39)(H,34,35,36). The summed E-state index contributed by atoms with van der Waals surface area (Å²) >= 11 is 0. The van der Waals surface area contributed by atoms with Crippen molar-refractivity contribution in [1.29, 1.82) is 0 Å². The summed E-state index contributed by atoms with van der Waals surface area (Å²) in [6.07, 6.45) is 3.23. The molecule has 0 aliphatic carbocycles. The molecule has 2 heterocycles. The van der Waals surface area contributed by atoms with Crippen LogP contribution in [-0.2, 0) is 4.79 Å². The van der Waals surface area contributed by atoms with E-state index in [1.807, 2.05) is 68.5 Å². The number of carbonyl (C=O) groups excluding carboxylic acids is 1. The van der Waals surface area contributed by atoms with E-state index in [0.717, 1.165) is 12.2 Å². The van der Waals surface area contributed by atoms with Crippen LogP contribution in [0.25, 0.3) is 16.8 Å². The number of aromatic nitrogens is 3. The van der Waals surface area contributed by atoms with Gasteiger partial charge in [0.1, 0.15) is 17.2 Å². The molecule has 42 heavy (non-hydrogen) atoms. The van der Waals surface area contributed by atoms with Gasteiger partial charge >= 0.3 is 0 Å². The summed E-state index contributed by atoms with van der Waals surface area (Å²) in [7, 11) is 9.05. The van der Waals surface area contributed by atoms with E-state index >= 15 is 0 Å². The van der Waals surface area contributed by atoms with Gasteiger partial charge in [-0.15, -0.1) is 0 Å². The lowest BCUT2D eigenvalue weighted by Crippen LogP contribution is -2.29. The van der Waals surface area contributed by atoms with Gasteiger partial charge in [-0.3, -0.25) is 4.79 Å². The number of hydrogen-bond acceptors (Lipinski definition) is 10. The molecule has 0 aliphatic rings. The molecule has 2 aromatic carbocycles. The maximum atomic E-state index is 12.2. The van der Waals surface area contributed by atoms with Crippen LogP contribution in [0.3, 0.4) is 0 Å². The molecule has 0 aliphatic heterocycles. The predicted molar refractivity (Wildman–Crippen MR) is 165 cm³/mol. The molecule has 0 saturated carbocycles. The summed E-state index contributed by atoms with van der Waals surface area (Å²) in [4.78, 5) is 29.8. The highest BCUT2D eigenvalue weighted by Gasteiger charge is 2.21. The van der Waals surface area contributed by atoms with E-state index < -0.39 is 5.91 Å². The zero-order valence-electron chi connectivity index (χ0n) is 24.4. The van der Waals surface area contributed by atoms with Crippen LogP contribution in [0.1, 0.15) is 5.56 Å². The van der Waals surface area contributed by atoms with Crippen molar-refractivity contribution in [2.45, 2.75) is 0 Å². The van der Waals surface area contributed by atoms with E-state index in [2.05, 4.69) is 26.8 Å². The highest BCUT2D eigenvalue weighted by atomic mass is 16.5. The van der Waals surface area contributed by atoms with E-state index in [1.165, 1.54) is 0 Å². The minimum atomic E-state index is -0.624. The normalized spacial score (nSPS) is 10.7. The number of carbonyl (C=O) groups is 1. The van der Waals surface area contributed by atoms with Gasteiger partial charge in [0.25, 0.3) is 0 Å². The third-order valence-electron chi connectivity index (χ3n) is 6.45. The van der Waals surface area contributed by atoms with Gasteiger partial charge in [0.05, 0.1) is 26.1 Å². The molecule has 1 amide bonds. The van der Waals surface area contributed by atoms with Gasteiger partial charge in [-0.25, -0.2) is 15.0 Å². The first-order valence-corrected chi connectivity index (χ1v) is 13.1. The van der Waals surface area contributed by atoms with Crippen molar-refractivity contribution in [3.63, 3.8) is 0 Å². The molecule has 4 aromatic rings. The van der Waals surface area contributed by atoms with Crippen molar-refractivity contribution in [2.24, 2.45) is 5.73 Å². The van der Waals surface area contributed by atoms with Crippen LogP contribution in [0.15, 0.2) is 73.6 Å². The number of nitrogens with two attached hydrogens (primary N) is 1. The zero-order chi connectivity index (χ0) is 30.2. The molecule has 0 saturated heterocycles. The molecular formula is C31H35N7O4. The summed E-state index contributed by atoms with van der Waals surface area (Å²) in [6, 6.07) is 16.5. The van der Waals surface area contributed by atoms with Gasteiger partial charge in [0.15, 0.2) is 5.75 Å². The number of methoxy groups -OCH3 is 2. The molecule has 0 spiro atoms. The Hall–Kier alpha value is -5.16. The second-order valence-electron chi connectivity index (χ2n) is 9.64. The monoisotopic (exact) mass is 569 g/mol. The molecule has 2 aromatic heterocycles. The van der Waals surface area contributed by atoms with Crippen molar-refractivity contribution in [1.82, 2.24) is 19.9 Å². The number of nitrogens with one attached hydrogen (secondary N) is 1. The Bertz CT molecular complexity index is 1560. The number of benzene rings is 2. The maximum Gasteiger partial charge on any atom is 0.248 e. The van der Waals surface area contributed by atoms with Gasteiger partial charge < -0.3 is 35.1 Å². The summed E-state index contributed by atoms with van der Waals surface area (Å²) in [5.41, 5.74) is 8.83. The predicted octanol–water partition coefficient (Wildman–Crippen LogP) is 4.59. The lowest BCUT2D eigenvalue weighted by Gasteiger charge is -2.26. The molecule has 11 heteroatoms. The van der Waals surface area contributed by atoms with Crippen molar-refractivity contribution in [2.75, 3.05) is 58.7 Å². The number of hydrogen-bond donors (Lipinski definition) is 2. The summed E-state index contributed by atoms with van der Waals surface area (Å²) in [6.45, 7) is 5.44. The maximum absolute atomic E-state index is 12.2. The smallest absolute Gasteiger partial charge is 0.248 e. The van der Waals surface area contributed by atoms with Crippen LogP contribution in [0.2, 0.25) is 0 Å². The van der Waals surface area contributed by atoms with E-state index in [1.54, 1.807) is 38.7 Å². The molecular weight excluding hydrogens is 534 g/mol. The van der Waals surface area contributed by atoms with Crippen LogP contribution in [-0.4, -0.2) is 74.2 Å². The highest BCUT2D eigenvalue weighted by molar-refractivity contribution is 6.19. The second-order valence-corrected chi connectivity index (χ2v) is 9.64. The number of rotatable bonds is 13. The summed E-state index contributed by atoms with van der Waals surface area (Å²) in [5.74, 6) is 1.59. The van der Waals surface area contributed by atoms with Crippen molar-refractivity contribution >= 4 is 28.8 Å². The lowest BCUT2D eigenvalue weighted by molar-refractivity contribution is -0.112. The lowest BCUT2D eigenvalue weighted by atomic mass is 10.0. The molecule has 0 bridgehead atoms. The van der Waals surface area contributed by atoms with E-state index in [9.17, 15) is 4.79 Å². The number of ether oxygens (including phenoxy) is 3. The van der Waals surface area contributed by atoms with Crippen LogP contribution in [0.5, 0.6) is 23.1 Å². The van der Waals surface area contributed by atoms with Crippen molar-refractivity contribution in [3.8, 4) is 34.4 Å². The molecule has 218 valence electrons. The Morgan fingerprint density at radius 3 is 2.36 bits per heavy atom. The Kier molecular flexibility index (Phi) is 9.56. The zero-order valence-corrected chi connectivity index (χ0v) is 24.4. The van der Waals surface area contributed by atoms with E-state index in [0.29, 0.717) is 52.2 Å². The highest BCUT2D eigenvalue weighted by Crippen LogP contribution is 2.40. The largest absolute Gasteiger partial charge is 0.494 e. The molecule has 0 unspecified atom stereocenters. The average Bonchev–Trinajstić information content (AvgIpc) is 3.00. The number of likely N-dealkylation sites (N-methyl/N-ethyl adjacent to an activating group) is 2. The first-order valence-electron chi connectivity index (χ1n) is 13.1. The molecule has 4 rings (SSSR count). The van der Waals surface area contributed by atoms with Crippen LogP contribution in [0.4, 0.5) is 17.3 Å². The molecule has 0 radical (unpaired) electrons. The Balaban J connectivity index is 1.75. The van der Waals surface area contributed by atoms with Crippen LogP contribution < -0.4 is 30.2 Å². The minimum absolute atomic E-state index is 0.171. The molecule has 0 fully saturated rings. The number of pyridine rings is 1. The number of anilines is 3. The Labute approximate surface area is 245 Å². The quantitative estimate of drug-likeness (QED) is 0.221. The van der Waals surface area contributed by atoms with Crippen LogP contribution in [0, 0.1) is 0 Å². The Morgan fingerprint density at radius 1 is 0.952 bits per heavy atom. The molecule has 0 atom stereocenters. The van der Waals surface area contributed by atoms with Crippen molar-refractivity contribution in [3.05, 3.63) is 79.1 Å². The third kappa shape index (κ3) is 6.94. The number of amides is 1. The molecule has 11 nitrogen and oxygen atoms in total. The van der Waals surface area contributed by atoms with Gasteiger partial charge in [-0.05, 0) is 38.4 Å². The van der Waals surface area contributed by atoms with Gasteiger partial charge in [-0.1, -0.05) is 24.8 Å². The fourth-order valence-corrected chi connectivity index (χ4v) is 4.16. The number of para-hydroxylation sites is 1. The fourth-order valence-electron chi connectivity index (χ4n) is 4.16. The average molecular weight is 570 g/mol. The first kappa shape index (κ1) is 29.8. The number of nitrogens with zero attached hydrogens (tertiary/aromatic N) is 5. The fraction of sp³-hybridized carbons (Fsp3) is 0.226. The minimum Gasteiger partial charge on any atom is -0.494 e. The van der Waals surface area contributed by atoms with Crippen LogP contribution >= 0.6 is 0 Å². The summed E-state index contributed by atoms with van der Waals surface area (Å²) in [5, 5.41) is 3.23. The van der Waals surface area contributed by atoms with E-state index in [-0.39, 0.29) is 11.5 Å². The third-order valence-corrected chi connectivity index (χ3v) is 6.45. The SMILES string of the molecule is C=C(C(N)=O)c1cc(Nc2ncc(OC)c(-c3ccccc3Oc3ccccn3)n2)c(OC)cc1N(C)CCN(C)C. The van der Waals surface area contributed by atoms with Crippen molar-refractivity contribution < 1.29 is 19.0 Å². The van der Waals surface area contributed by atoms with Gasteiger partial charge in [0.2, 0.25) is 17.7 Å². The van der Waals surface area contributed by atoms with E-state index in [4.69, 9.17) is 24.9 Å². The first-order chi connectivity index (χ1) is 20.2. The van der Waals surface area contributed by atoms with Gasteiger partial charge in [0, 0.05) is 60.9 Å². The van der Waals surface area contributed by atoms with Gasteiger partial charge in [-0.2, -0.15) is 0 Å².